The molecule has 5 aromatic rings. The van der Waals surface area contributed by atoms with Crippen LogP contribution in [0.4, 0.5) is 0 Å². The summed E-state index contributed by atoms with van der Waals surface area (Å²) in [5, 5.41) is 0.662. The van der Waals surface area contributed by atoms with Crippen LogP contribution in [0.3, 0.4) is 0 Å². The zero-order valence-corrected chi connectivity index (χ0v) is 18.6. The molecule has 1 heterocycles. The Morgan fingerprint density at radius 3 is 1.22 bits per heavy atom. The molecule has 0 saturated carbocycles. The zero-order valence-electron chi connectivity index (χ0n) is 17.0. The summed E-state index contributed by atoms with van der Waals surface area (Å²) < 4.78 is 0. The van der Waals surface area contributed by atoms with Crippen LogP contribution in [0.25, 0.3) is 44.8 Å². The second-order valence-corrected chi connectivity index (χ2v) is 8.12. The summed E-state index contributed by atoms with van der Waals surface area (Å²) in [5.41, 5.74) is 6.76. The molecular weight excluding hydrogens is 435 g/mol. The Balaban J connectivity index is 1.68. The highest BCUT2D eigenvalue weighted by Crippen LogP contribution is 2.36. The summed E-state index contributed by atoms with van der Waals surface area (Å²) in [7, 11) is 0. The fourth-order valence-corrected chi connectivity index (χ4v) is 4.34. The Bertz CT molecular complexity index is 1290. The minimum absolute atomic E-state index is 0.331. The minimum Gasteiger partial charge on any atom is -0.216 e. The SMILES string of the molecule is Clc1nc(-c2cc(-c3ccccc3)cc(-c3ccccc3)c2)nc(Cl)c1-c1ccccc1. The molecule has 5 rings (SSSR count). The van der Waals surface area contributed by atoms with Crippen LogP contribution in [-0.4, -0.2) is 9.97 Å². The van der Waals surface area contributed by atoms with Gasteiger partial charge in [0.15, 0.2) is 5.82 Å². The molecule has 0 saturated heterocycles. The first-order valence-corrected chi connectivity index (χ1v) is 11.0. The predicted octanol–water partition coefficient (Wildman–Crippen LogP) is 8.45. The van der Waals surface area contributed by atoms with Crippen LogP contribution < -0.4 is 0 Å². The van der Waals surface area contributed by atoms with E-state index in [4.69, 9.17) is 23.2 Å². The van der Waals surface area contributed by atoms with Crippen LogP contribution in [0.2, 0.25) is 10.3 Å². The summed E-state index contributed by atoms with van der Waals surface area (Å²) in [4.78, 5) is 9.24. The molecule has 0 aliphatic rings. The van der Waals surface area contributed by atoms with E-state index in [9.17, 15) is 0 Å². The van der Waals surface area contributed by atoms with Gasteiger partial charge in [-0.15, -0.1) is 0 Å². The fourth-order valence-electron chi connectivity index (χ4n) is 3.73. The normalized spacial score (nSPS) is 10.8. The van der Waals surface area contributed by atoms with Crippen molar-refractivity contribution in [1.29, 1.82) is 0 Å². The largest absolute Gasteiger partial charge is 0.216 e. The lowest BCUT2D eigenvalue weighted by Gasteiger charge is -2.12. The van der Waals surface area contributed by atoms with Crippen LogP contribution in [0.5, 0.6) is 0 Å². The van der Waals surface area contributed by atoms with Crippen molar-refractivity contribution in [2.75, 3.05) is 0 Å². The van der Waals surface area contributed by atoms with Crippen LogP contribution in [0.1, 0.15) is 0 Å². The first kappa shape index (κ1) is 20.4. The molecule has 0 atom stereocenters. The molecule has 0 bridgehead atoms. The Hall–Kier alpha value is -3.46. The summed E-state index contributed by atoms with van der Waals surface area (Å²) in [6, 6.07) is 36.5. The van der Waals surface area contributed by atoms with E-state index in [1.54, 1.807) is 0 Å². The van der Waals surface area contributed by atoms with E-state index in [1.165, 1.54) is 0 Å². The Labute approximate surface area is 197 Å². The van der Waals surface area contributed by atoms with Crippen molar-refractivity contribution in [2.24, 2.45) is 0 Å². The first-order chi connectivity index (χ1) is 15.7. The van der Waals surface area contributed by atoms with Crippen molar-refractivity contribution >= 4 is 23.2 Å². The number of benzene rings is 4. The van der Waals surface area contributed by atoms with Crippen molar-refractivity contribution in [3.8, 4) is 44.8 Å². The molecule has 0 radical (unpaired) electrons. The van der Waals surface area contributed by atoms with Gasteiger partial charge in [0.25, 0.3) is 0 Å². The van der Waals surface area contributed by atoms with Gasteiger partial charge in [0, 0.05) is 5.56 Å². The van der Waals surface area contributed by atoms with E-state index in [2.05, 4.69) is 52.4 Å². The molecule has 4 aromatic carbocycles. The highest BCUT2D eigenvalue weighted by Gasteiger charge is 2.16. The number of nitrogens with zero attached hydrogens (tertiary/aromatic N) is 2. The Kier molecular flexibility index (Phi) is 5.72. The molecule has 0 unspecified atom stereocenters. The third-order valence-corrected chi connectivity index (χ3v) is 5.84. The first-order valence-electron chi connectivity index (χ1n) is 10.2. The number of rotatable bonds is 4. The summed E-state index contributed by atoms with van der Waals surface area (Å²) >= 11 is 13.2. The van der Waals surface area contributed by atoms with Crippen molar-refractivity contribution in [2.45, 2.75) is 0 Å². The van der Waals surface area contributed by atoms with E-state index in [1.807, 2.05) is 66.7 Å². The van der Waals surface area contributed by atoms with Crippen LogP contribution in [-0.2, 0) is 0 Å². The van der Waals surface area contributed by atoms with Gasteiger partial charge in [0.2, 0.25) is 0 Å². The Morgan fingerprint density at radius 2 is 0.781 bits per heavy atom. The molecule has 0 amide bonds. The molecule has 0 aliphatic carbocycles. The lowest BCUT2D eigenvalue weighted by molar-refractivity contribution is 1.18. The van der Waals surface area contributed by atoms with Gasteiger partial charge in [-0.25, -0.2) is 9.97 Å². The van der Waals surface area contributed by atoms with E-state index in [0.29, 0.717) is 21.7 Å². The van der Waals surface area contributed by atoms with E-state index < -0.39 is 0 Å². The maximum Gasteiger partial charge on any atom is 0.162 e. The molecule has 2 nitrogen and oxygen atoms in total. The van der Waals surface area contributed by atoms with Gasteiger partial charge >= 0.3 is 0 Å². The maximum atomic E-state index is 6.60. The average Bonchev–Trinajstić information content (AvgIpc) is 2.85. The van der Waals surface area contributed by atoms with Gasteiger partial charge in [-0.2, -0.15) is 0 Å². The number of hydrogen-bond acceptors (Lipinski definition) is 2. The molecule has 1 aromatic heterocycles. The molecular formula is C28H18Cl2N2. The van der Waals surface area contributed by atoms with Gasteiger partial charge < -0.3 is 0 Å². The van der Waals surface area contributed by atoms with Crippen molar-refractivity contribution in [3.05, 3.63) is 120 Å². The van der Waals surface area contributed by atoms with Crippen molar-refractivity contribution < 1.29 is 0 Å². The lowest BCUT2D eigenvalue weighted by atomic mass is 9.96. The highest BCUT2D eigenvalue weighted by atomic mass is 35.5. The maximum absolute atomic E-state index is 6.60. The summed E-state index contributed by atoms with van der Waals surface area (Å²) in [6.07, 6.45) is 0. The van der Waals surface area contributed by atoms with Gasteiger partial charge in [-0.05, 0) is 46.0 Å². The fraction of sp³-hybridized carbons (Fsp3) is 0. The Morgan fingerprint density at radius 1 is 0.406 bits per heavy atom. The average molecular weight is 453 g/mol. The van der Waals surface area contributed by atoms with Crippen LogP contribution >= 0.6 is 23.2 Å². The van der Waals surface area contributed by atoms with Crippen LogP contribution in [0, 0.1) is 0 Å². The third-order valence-electron chi connectivity index (χ3n) is 5.29. The van der Waals surface area contributed by atoms with Gasteiger partial charge in [-0.1, -0.05) is 114 Å². The topological polar surface area (TPSA) is 25.8 Å². The quantitative estimate of drug-likeness (QED) is 0.255. The van der Waals surface area contributed by atoms with E-state index in [-0.39, 0.29) is 0 Å². The van der Waals surface area contributed by atoms with Gasteiger partial charge in [-0.3, -0.25) is 0 Å². The molecule has 32 heavy (non-hydrogen) atoms. The zero-order chi connectivity index (χ0) is 21.9. The monoisotopic (exact) mass is 452 g/mol. The molecule has 0 N–H and O–H groups in total. The minimum atomic E-state index is 0.331. The van der Waals surface area contributed by atoms with E-state index in [0.717, 1.165) is 33.4 Å². The van der Waals surface area contributed by atoms with Gasteiger partial charge in [0.05, 0.1) is 5.56 Å². The number of hydrogen-bond donors (Lipinski definition) is 0. The second kappa shape index (κ2) is 8.96. The molecule has 154 valence electrons. The predicted molar refractivity (Wildman–Crippen MR) is 134 cm³/mol. The molecule has 0 spiro atoms. The third kappa shape index (κ3) is 4.16. The van der Waals surface area contributed by atoms with Crippen molar-refractivity contribution in [1.82, 2.24) is 9.97 Å². The highest BCUT2D eigenvalue weighted by molar-refractivity contribution is 6.37. The number of aromatic nitrogens is 2. The smallest absolute Gasteiger partial charge is 0.162 e. The van der Waals surface area contributed by atoms with Gasteiger partial charge in [0.1, 0.15) is 10.3 Å². The van der Waals surface area contributed by atoms with Crippen LogP contribution in [0.15, 0.2) is 109 Å². The summed E-state index contributed by atoms with van der Waals surface area (Å²) in [5.74, 6) is 0.495. The molecule has 0 fully saturated rings. The molecule has 4 heteroatoms. The lowest BCUT2D eigenvalue weighted by Crippen LogP contribution is -1.96. The standard InChI is InChI=1S/C28H18Cl2N2/c29-26-25(21-14-8-3-9-15-21)27(30)32-28(31-26)24-17-22(19-10-4-1-5-11-19)16-23(18-24)20-12-6-2-7-13-20/h1-18H. The van der Waals surface area contributed by atoms with E-state index >= 15 is 0 Å². The summed E-state index contributed by atoms with van der Waals surface area (Å²) in [6.45, 7) is 0. The second-order valence-electron chi connectivity index (χ2n) is 7.40. The molecule has 0 aliphatic heterocycles. The van der Waals surface area contributed by atoms with Crippen molar-refractivity contribution in [3.63, 3.8) is 0 Å². The number of halogens is 2.